The lowest BCUT2D eigenvalue weighted by Crippen LogP contribution is -2.59. The van der Waals surface area contributed by atoms with Crippen LogP contribution in [-0.2, 0) is 14.3 Å². The van der Waals surface area contributed by atoms with Crippen molar-refractivity contribution < 1.29 is 14.3 Å². The molecule has 130 valence electrons. The van der Waals surface area contributed by atoms with Gasteiger partial charge in [-0.15, -0.1) is 0 Å². The maximum absolute atomic E-state index is 13.3. The van der Waals surface area contributed by atoms with Crippen molar-refractivity contribution in [3.63, 3.8) is 0 Å². The Morgan fingerprint density at radius 2 is 2.00 bits per heavy atom. The van der Waals surface area contributed by atoms with Gasteiger partial charge in [0.15, 0.2) is 0 Å². The summed E-state index contributed by atoms with van der Waals surface area (Å²) in [5.74, 6) is 0.948. The van der Waals surface area contributed by atoms with E-state index >= 15 is 0 Å². The molecular weight excluding hydrogens is 302 g/mol. The summed E-state index contributed by atoms with van der Waals surface area (Å²) in [7, 11) is 1.70. The van der Waals surface area contributed by atoms with Crippen LogP contribution in [0.2, 0.25) is 0 Å². The minimum absolute atomic E-state index is 0.0437. The van der Waals surface area contributed by atoms with Gasteiger partial charge in [-0.1, -0.05) is 43.2 Å². The molecule has 1 amide bonds. The van der Waals surface area contributed by atoms with Gasteiger partial charge in [0, 0.05) is 13.0 Å². The van der Waals surface area contributed by atoms with E-state index in [0.717, 1.165) is 24.8 Å². The molecule has 1 aliphatic carbocycles. The van der Waals surface area contributed by atoms with Crippen molar-refractivity contribution in [1.29, 1.82) is 0 Å². The average Bonchev–Trinajstić information content (AvgIpc) is 2.89. The number of carbonyl (C=O) groups is 1. The molecule has 0 N–H and O–H groups in total. The number of nitrogens with zero attached hydrogens (tertiary/aromatic N) is 1. The maximum Gasteiger partial charge on any atom is 0.228 e. The smallest absolute Gasteiger partial charge is 0.228 e. The standard InChI is InChI=1S/C20H27NO3/c1-20-12-15-10-6-7-11-16(15)19(22)21(20)17(13-23-2)18(24-20)14-8-4-3-5-9-14/h3-5,8-9,15-18H,6-7,10-13H2,1-2H3/t15-,16-,17-,18-,20+/m0/s1. The van der Waals surface area contributed by atoms with Gasteiger partial charge in [0.25, 0.3) is 0 Å². The second kappa shape index (κ2) is 6.16. The maximum atomic E-state index is 13.3. The zero-order valence-electron chi connectivity index (χ0n) is 14.6. The average molecular weight is 329 g/mol. The first-order valence-electron chi connectivity index (χ1n) is 9.19. The molecule has 3 aliphatic rings. The Morgan fingerprint density at radius 1 is 1.25 bits per heavy atom. The van der Waals surface area contributed by atoms with Crippen molar-refractivity contribution >= 4 is 5.91 Å². The van der Waals surface area contributed by atoms with Gasteiger partial charge in [-0.25, -0.2) is 0 Å². The van der Waals surface area contributed by atoms with Crippen LogP contribution >= 0.6 is 0 Å². The molecule has 4 rings (SSSR count). The fourth-order valence-corrected chi connectivity index (χ4v) is 5.15. The van der Waals surface area contributed by atoms with Gasteiger partial charge in [-0.3, -0.25) is 4.79 Å². The molecule has 2 heterocycles. The SMILES string of the molecule is COC[C@H]1[C@H](c2ccccc2)O[C@]2(C)C[C@@H]3CCCC[C@@H]3C(=O)N12. The van der Waals surface area contributed by atoms with E-state index in [1.807, 2.05) is 23.1 Å². The van der Waals surface area contributed by atoms with Crippen molar-refractivity contribution in [2.24, 2.45) is 11.8 Å². The van der Waals surface area contributed by atoms with E-state index in [-0.39, 0.29) is 24.0 Å². The Balaban J connectivity index is 1.70. The Morgan fingerprint density at radius 3 is 2.75 bits per heavy atom. The first-order chi connectivity index (χ1) is 11.6. The van der Waals surface area contributed by atoms with E-state index in [1.54, 1.807) is 7.11 Å². The van der Waals surface area contributed by atoms with E-state index in [1.165, 1.54) is 12.8 Å². The van der Waals surface area contributed by atoms with Crippen molar-refractivity contribution in [1.82, 2.24) is 4.90 Å². The Kier molecular flexibility index (Phi) is 4.13. The van der Waals surface area contributed by atoms with Crippen LogP contribution in [0.5, 0.6) is 0 Å². The number of hydrogen-bond donors (Lipinski definition) is 0. The number of rotatable bonds is 3. The van der Waals surface area contributed by atoms with Gasteiger partial charge in [0.05, 0.1) is 12.6 Å². The summed E-state index contributed by atoms with van der Waals surface area (Å²) >= 11 is 0. The highest BCUT2D eigenvalue weighted by atomic mass is 16.6. The number of methoxy groups -OCH3 is 1. The van der Waals surface area contributed by atoms with Crippen LogP contribution < -0.4 is 0 Å². The molecule has 0 bridgehead atoms. The largest absolute Gasteiger partial charge is 0.382 e. The fraction of sp³-hybridized carbons (Fsp3) is 0.650. The molecule has 4 heteroatoms. The number of ether oxygens (including phenoxy) is 2. The molecule has 5 atom stereocenters. The molecule has 4 nitrogen and oxygen atoms in total. The van der Waals surface area contributed by atoms with Gasteiger partial charge >= 0.3 is 0 Å². The lowest BCUT2D eigenvalue weighted by molar-refractivity contribution is -0.177. The highest BCUT2D eigenvalue weighted by Crippen LogP contribution is 2.51. The Bertz CT molecular complexity index is 604. The lowest BCUT2D eigenvalue weighted by Gasteiger charge is -2.48. The highest BCUT2D eigenvalue weighted by molar-refractivity contribution is 5.81. The molecular formula is C20H27NO3. The minimum Gasteiger partial charge on any atom is -0.382 e. The van der Waals surface area contributed by atoms with Crippen LogP contribution in [0.3, 0.4) is 0 Å². The predicted octanol–water partition coefficient (Wildman–Crippen LogP) is 3.53. The molecule has 1 aromatic rings. The Hall–Kier alpha value is -1.39. The summed E-state index contributed by atoms with van der Waals surface area (Å²) in [4.78, 5) is 15.3. The number of amides is 1. The zero-order valence-corrected chi connectivity index (χ0v) is 14.6. The molecule has 1 saturated carbocycles. The molecule has 24 heavy (non-hydrogen) atoms. The van der Waals surface area contributed by atoms with Gasteiger partial charge < -0.3 is 14.4 Å². The van der Waals surface area contributed by atoms with E-state index in [2.05, 4.69) is 19.1 Å². The van der Waals surface area contributed by atoms with Crippen molar-refractivity contribution in [2.75, 3.05) is 13.7 Å². The van der Waals surface area contributed by atoms with E-state index < -0.39 is 5.72 Å². The zero-order chi connectivity index (χ0) is 16.7. The van der Waals surface area contributed by atoms with E-state index in [9.17, 15) is 4.79 Å². The molecule has 0 aromatic heterocycles. The number of carbonyl (C=O) groups excluding carboxylic acids is 1. The molecule has 2 saturated heterocycles. The van der Waals surface area contributed by atoms with Crippen molar-refractivity contribution in [3.05, 3.63) is 35.9 Å². The normalized spacial score (nSPS) is 38.8. The third-order valence-corrected chi connectivity index (χ3v) is 6.14. The van der Waals surface area contributed by atoms with E-state index in [0.29, 0.717) is 12.5 Å². The Labute approximate surface area is 144 Å². The van der Waals surface area contributed by atoms with Crippen LogP contribution in [0.1, 0.15) is 50.7 Å². The quantitative estimate of drug-likeness (QED) is 0.851. The predicted molar refractivity (Wildman–Crippen MR) is 91.2 cm³/mol. The molecule has 1 aromatic carbocycles. The second-order valence-corrected chi connectivity index (χ2v) is 7.71. The van der Waals surface area contributed by atoms with Crippen molar-refractivity contribution in [3.8, 4) is 0 Å². The topological polar surface area (TPSA) is 38.8 Å². The second-order valence-electron chi connectivity index (χ2n) is 7.71. The molecule has 0 radical (unpaired) electrons. The van der Waals surface area contributed by atoms with Crippen LogP contribution in [0.25, 0.3) is 0 Å². The van der Waals surface area contributed by atoms with Crippen LogP contribution in [0.4, 0.5) is 0 Å². The molecule has 0 spiro atoms. The summed E-state index contributed by atoms with van der Waals surface area (Å²) in [6.45, 7) is 2.61. The summed E-state index contributed by atoms with van der Waals surface area (Å²) in [6, 6.07) is 10.2. The minimum atomic E-state index is -0.501. The highest BCUT2D eigenvalue weighted by Gasteiger charge is 2.58. The number of benzene rings is 1. The summed E-state index contributed by atoms with van der Waals surface area (Å²) in [5, 5.41) is 0. The van der Waals surface area contributed by atoms with Crippen LogP contribution in [0, 0.1) is 11.8 Å². The third-order valence-electron chi connectivity index (χ3n) is 6.14. The van der Waals surface area contributed by atoms with Crippen LogP contribution in [-0.4, -0.2) is 36.3 Å². The van der Waals surface area contributed by atoms with Crippen LogP contribution in [0.15, 0.2) is 30.3 Å². The van der Waals surface area contributed by atoms with Gasteiger partial charge in [0.2, 0.25) is 5.91 Å². The molecule has 2 aliphatic heterocycles. The fourth-order valence-electron chi connectivity index (χ4n) is 5.15. The van der Waals surface area contributed by atoms with Gasteiger partial charge in [-0.05, 0) is 37.7 Å². The molecule has 0 unspecified atom stereocenters. The first-order valence-corrected chi connectivity index (χ1v) is 9.19. The summed E-state index contributed by atoms with van der Waals surface area (Å²) in [5.41, 5.74) is 0.630. The number of fused-ring (bicyclic) bond motifs is 2. The monoisotopic (exact) mass is 329 g/mol. The summed E-state index contributed by atoms with van der Waals surface area (Å²) in [6.07, 6.45) is 5.45. The van der Waals surface area contributed by atoms with Gasteiger partial charge in [-0.2, -0.15) is 0 Å². The van der Waals surface area contributed by atoms with Gasteiger partial charge in [0.1, 0.15) is 11.8 Å². The first kappa shape index (κ1) is 16.1. The van der Waals surface area contributed by atoms with E-state index in [4.69, 9.17) is 9.47 Å². The lowest BCUT2D eigenvalue weighted by atomic mass is 9.71. The summed E-state index contributed by atoms with van der Waals surface area (Å²) < 4.78 is 12.0. The number of piperidine rings is 1. The third kappa shape index (κ3) is 2.47. The molecule has 3 fully saturated rings. The van der Waals surface area contributed by atoms with Crippen molar-refractivity contribution in [2.45, 2.75) is 56.9 Å². The number of hydrogen-bond acceptors (Lipinski definition) is 3.